The Balaban J connectivity index is 2.82. The fourth-order valence-electron chi connectivity index (χ4n) is 0.870. The summed E-state index contributed by atoms with van der Waals surface area (Å²) in [6.45, 7) is 0. The molecule has 0 bridgehead atoms. The van der Waals surface area contributed by atoms with Crippen molar-refractivity contribution in [3.63, 3.8) is 0 Å². The molecule has 1 aromatic heterocycles. The van der Waals surface area contributed by atoms with Gasteiger partial charge in [-0.05, 0) is 18.2 Å². The molecule has 1 heterocycles. The van der Waals surface area contributed by atoms with E-state index in [0.717, 1.165) is 4.47 Å². The topological polar surface area (TPSA) is 26.0 Å². The van der Waals surface area contributed by atoms with Gasteiger partial charge in [0.2, 0.25) is 0 Å². The van der Waals surface area contributed by atoms with E-state index in [2.05, 4.69) is 25.3 Å². The smallest absolute Gasteiger partial charge is 0.382 e. The summed E-state index contributed by atoms with van der Waals surface area (Å²) in [5, 5.41) is 0. The number of benzene rings is 1. The van der Waals surface area contributed by atoms with Crippen molar-refractivity contribution in [2.75, 3.05) is 0 Å². The van der Waals surface area contributed by atoms with Crippen LogP contribution in [-0.4, -0.2) is 4.98 Å². The first kappa shape index (κ1) is 6.79. The molecule has 0 spiro atoms. The number of hydrogen-bond donors (Lipinski definition) is 0. The highest BCUT2D eigenvalue weighted by Crippen LogP contribution is 2.19. The Morgan fingerprint density at radius 3 is 3.09 bits per heavy atom. The largest absolute Gasteiger partial charge is 0.415 e. The second kappa shape index (κ2) is 2.30. The van der Waals surface area contributed by atoms with Crippen molar-refractivity contribution in [1.82, 2.24) is 4.98 Å². The highest BCUT2D eigenvalue weighted by molar-refractivity contribution is 9.10. The normalized spacial score (nSPS) is 10.7. The molecule has 56 valence electrons. The zero-order chi connectivity index (χ0) is 7.84. The number of fused-ring (bicyclic) bond motifs is 1. The van der Waals surface area contributed by atoms with Crippen molar-refractivity contribution in [3.05, 3.63) is 28.8 Å². The van der Waals surface area contributed by atoms with Gasteiger partial charge in [-0.25, -0.2) is 0 Å². The van der Waals surface area contributed by atoms with Crippen LogP contribution in [0.1, 0.15) is 0 Å². The van der Waals surface area contributed by atoms with Crippen molar-refractivity contribution in [2.24, 2.45) is 0 Å². The molecule has 4 heteroatoms. The molecule has 2 aromatic rings. The number of oxazole rings is 1. The summed E-state index contributed by atoms with van der Waals surface area (Å²) in [4.78, 5) is 3.50. The van der Waals surface area contributed by atoms with Crippen LogP contribution in [0.25, 0.3) is 11.1 Å². The van der Waals surface area contributed by atoms with E-state index in [4.69, 9.17) is 0 Å². The summed E-state index contributed by atoms with van der Waals surface area (Å²) in [6.07, 6.45) is -0.793. The van der Waals surface area contributed by atoms with E-state index < -0.39 is 6.14 Å². The number of hydrogen-bond acceptors (Lipinski definition) is 2. The molecule has 2 rings (SSSR count). The lowest BCUT2D eigenvalue weighted by Gasteiger charge is -1.85. The van der Waals surface area contributed by atoms with Crippen LogP contribution in [0.2, 0.25) is 0 Å². The summed E-state index contributed by atoms with van der Waals surface area (Å²) in [6, 6.07) is 5.14. The molecule has 0 saturated heterocycles. The van der Waals surface area contributed by atoms with E-state index >= 15 is 0 Å². The van der Waals surface area contributed by atoms with Crippen LogP contribution in [-0.2, 0) is 0 Å². The van der Waals surface area contributed by atoms with Crippen LogP contribution >= 0.6 is 15.9 Å². The van der Waals surface area contributed by atoms with Crippen LogP contribution in [0.5, 0.6) is 0 Å². The number of nitrogens with zero attached hydrogens (tertiary/aromatic N) is 1. The van der Waals surface area contributed by atoms with Crippen LogP contribution < -0.4 is 0 Å². The minimum absolute atomic E-state index is 0.455. The first-order valence-corrected chi connectivity index (χ1v) is 3.76. The van der Waals surface area contributed by atoms with Gasteiger partial charge < -0.3 is 4.42 Å². The summed E-state index contributed by atoms with van der Waals surface area (Å²) in [5.41, 5.74) is 0.988. The van der Waals surface area contributed by atoms with Gasteiger partial charge >= 0.3 is 6.14 Å². The zero-order valence-electron chi connectivity index (χ0n) is 5.34. The number of halogens is 2. The third-order valence-electron chi connectivity index (χ3n) is 1.32. The minimum atomic E-state index is -0.793. The van der Waals surface area contributed by atoms with Crippen LogP contribution in [0, 0.1) is 6.14 Å². The molecule has 0 unspecified atom stereocenters. The van der Waals surface area contributed by atoms with E-state index in [9.17, 15) is 4.39 Å². The summed E-state index contributed by atoms with van der Waals surface area (Å²) in [5.74, 6) is 0. The molecule has 0 aliphatic carbocycles. The van der Waals surface area contributed by atoms with Gasteiger partial charge in [0.1, 0.15) is 5.52 Å². The highest BCUT2D eigenvalue weighted by Gasteiger charge is 2.03. The first-order chi connectivity index (χ1) is 5.25. The predicted molar refractivity (Wildman–Crippen MR) is 41.7 cm³/mol. The van der Waals surface area contributed by atoms with E-state index in [1.807, 2.05) is 0 Å². The van der Waals surface area contributed by atoms with Crippen molar-refractivity contribution in [2.45, 2.75) is 0 Å². The Hall–Kier alpha value is -0.900. The van der Waals surface area contributed by atoms with Crippen molar-refractivity contribution in [1.29, 1.82) is 0 Å². The summed E-state index contributed by atoms with van der Waals surface area (Å²) >= 11 is 3.23. The van der Waals surface area contributed by atoms with Gasteiger partial charge in [0, 0.05) is 4.47 Å². The van der Waals surface area contributed by atoms with E-state index in [1.165, 1.54) is 0 Å². The Labute approximate surface area is 70.2 Å². The first-order valence-electron chi connectivity index (χ1n) is 2.97. The average Bonchev–Trinajstić information content (AvgIpc) is 2.27. The van der Waals surface area contributed by atoms with Gasteiger partial charge in [0.15, 0.2) is 5.58 Å². The van der Waals surface area contributed by atoms with Crippen LogP contribution in [0.4, 0.5) is 4.39 Å². The van der Waals surface area contributed by atoms with E-state index in [1.54, 1.807) is 18.2 Å². The lowest BCUT2D eigenvalue weighted by Crippen LogP contribution is -1.67. The third kappa shape index (κ3) is 1.14. The zero-order valence-corrected chi connectivity index (χ0v) is 6.93. The van der Waals surface area contributed by atoms with Gasteiger partial charge in [0.05, 0.1) is 0 Å². The maximum Gasteiger partial charge on any atom is 0.382 e. The highest BCUT2D eigenvalue weighted by atomic mass is 79.9. The summed E-state index contributed by atoms with van der Waals surface area (Å²) < 4.78 is 17.8. The Morgan fingerprint density at radius 1 is 1.45 bits per heavy atom. The molecule has 0 saturated carbocycles. The molecule has 11 heavy (non-hydrogen) atoms. The molecule has 0 amide bonds. The SMILES string of the molecule is Fc1nc2ccc(Br)cc2o1. The van der Waals surface area contributed by atoms with Gasteiger partial charge in [-0.2, -0.15) is 4.98 Å². The molecular weight excluding hydrogens is 213 g/mol. The van der Waals surface area contributed by atoms with Crippen LogP contribution in [0.3, 0.4) is 0 Å². The van der Waals surface area contributed by atoms with Crippen molar-refractivity contribution < 1.29 is 8.81 Å². The number of aromatic nitrogens is 1. The lowest BCUT2D eigenvalue weighted by molar-refractivity contribution is 0.355. The standard InChI is InChI=1S/C7H3BrFNO/c8-4-1-2-5-6(3-4)11-7(9)10-5/h1-3H. The molecule has 0 fully saturated rings. The molecular formula is C7H3BrFNO. The maximum absolute atomic E-state index is 12.4. The molecule has 1 aromatic carbocycles. The minimum Gasteiger partial charge on any atom is -0.415 e. The fourth-order valence-corrected chi connectivity index (χ4v) is 1.21. The van der Waals surface area contributed by atoms with E-state index in [0.29, 0.717) is 11.1 Å². The predicted octanol–water partition coefficient (Wildman–Crippen LogP) is 2.73. The lowest BCUT2D eigenvalue weighted by atomic mass is 10.3. The van der Waals surface area contributed by atoms with Gasteiger partial charge in [0.25, 0.3) is 0 Å². The molecule has 0 atom stereocenters. The molecule has 0 radical (unpaired) electrons. The molecule has 0 aliphatic rings. The van der Waals surface area contributed by atoms with Crippen molar-refractivity contribution in [3.8, 4) is 0 Å². The van der Waals surface area contributed by atoms with Crippen molar-refractivity contribution >= 4 is 27.0 Å². The molecule has 0 N–H and O–H groups in total. The second-order valence-electron chi connectivity index (χ2n) is 2.08. The van der Waals surface area contributed by atoms with Crippen LogP contribution in [0.15, 0.2) is 27.1 Å². The van der Waals surface area contributed by atoms with Gasteiger partial charge in [-0.1, -0.05) is 15.9 Å². The van der Waals surface area contributed by atoms with Gasteiger partial charge in [-0.15, -0.1) is 4.39 Å². The summed E-state index contributed by atoms with van der Waals surface area (Å²) in [7, 11) is 0. The second-order valence-corrected chi connectivity index (χ2v) is 2.99. The van der Waals surface area contributed by atoms with Gasteiger partial charge in [-0.3, -0.25) is 0 Å². The molecule has 0 aliphatic heterocycles. The monoisotopic (exact) mass is 215 g/mol. The quantitative estimate of drug-likeness (QED) is 0.676. The van der Waals surface area contributed by atoms with E-state index in [-0.39, 0.29) is 0 Å². The Bertz CT molecular complexity index is 398. The Kier molecular flexibility index (Phi) is 1.42. The number of rotatable bonds is 0. The average molecular weight is 216 g/mol. The Morgan fingerprint density at radius 2 is 2.27 bits per heavy atom. The third-order valence-corrected chi connectivity index (χ3v) is 1.82. The fraction of sp³-hybridized carbons (Fsp3) is 0. The maximum atomic E-state index is 12.4. The molecule has 2 nitrogen and oxygen atoms in total.